The molecule has 3 heteroatoms. The molecule has 16 heavy (non-hydrogen) atoms. The monoisotopic (exact) mass is 282 g/mol. The Bertz CT molecular complexity index is 341. The normalized spacial score (nSPS) is 12.2. The fourth-order valence-corrected chi connectivity index (χ4v) is 1.59. The van der Waals surface area contributed by atoms with Gasteiger partial charge in [0.15, 0.2) is 0 Å². The van der Waals surface area contributed by atoms with E-state index < -0.39 is 0 Å². The third-order valence-electron chi connectivity index (χ3n) is 2.40. The van der Waals surface area contributed by atoms with Crippen LogP contribution in [0.1, 0.15) is 26.5 Å². The summed E-state index contributed by atoms with van der Waals surface area (Å²) in [4.78, 5) is 4.36. The summed E-state index contributed by atoms with van der Waals surface area (Å²) in [5.74, 6) is 0.546. The minimum absolute atomic E-state index is 0.546. The molecule has 0 saturated carbocycles. The summed E-state index contributed by atoms with van der Waals surface area (Å²) in [5.41, 5.74) is 2.40. The van der Waals surface area contributed by atoms with Gasteiger partial charge in [-0.25, -0.2) is 0 Å². The van der Waals surface area contributed by atoms with Gasteiger partial charge in [-0.3, -0.25) is 4.98 Å². The van der Waals surface area contributed by atoms with E-state index in [0.29, 0.717) is 5.92 Å². The Morgan fingerprint density at radius 1 is 1.50 bits per heavy atom. The molecule has 1 aromatic rings. The van der Waals surface area contributed by atoms with Crippen LogP contribution in [0.3, 0.4) is 0 Å². The molecule has 1 rings (SSSR count). The van der Waals surface area contributed by atoms with E-state index in [2.05, 4.69) is 53.1 Å². The van der Waals surface area contributed by atoms with Crippen LogP contribution in [0.2, 0.25) is 0 Å². The molecule has 0 aliphatic rings. The number of pyridine rings is 1. The van der Waals surface area contributed by atoms with Gasteiger partial charge < -0.3 is 5.32 Å². The predicted molar refractivity (Wildman–Crippen MR) is 73.3 cm³/mol. The molecule has 0 saturated heterocycles. The molecule has 1 aromatic heterocycles. The van der Waals surface area contributed by atoms with Crippen molar-refractivity contribution >= 4 is 22.0 Å². The van der Waals surface area contributed by atoms with Gasteiger partial charge in [0.25, 0.3) is 0 Å². The molecule has 0 fully saturated rings. The fraction of sp³-hybridized carbons (Fsp3) is 0.462. The molecule has 0 atom stereocenters. The third-order valence-corrected chi connectivity index (χ3v) is 2.87. The van der Waals surface area contributed by atoms with Crippen molar-refractivity contribution in [3.05, 3.63) is 34.1 Å². The number of aromatic nitrogens is 1. The summed E-state index contributed by atoms with van der Waals surface area (Å²) in [7, 11) is 0. The Balaban J connectivity index is 2.80. The number of halogens is 1. The first-order valence-corrected chi connectivity index (χ1v) is 6.45. The summed E-state index contributed by atoms with van der Waals surface area (Å²) in [6.07, 6.45) is 4.00. The lowest BCUT2D eigenvalue weighted by atomic mass is 10.0. The topological polar surface area (TPSA) is 24.9 Å². The molecule has 0 amide bonds. The number of nitrogens with zero attached hydrogens (tertiary/aromatic N) is 1. The van der Waals surface area contributed by atoms with Crippen LogP contribution in [0.4, 0.5) is 0 Å². The zero-order chi connectivity index (χ0) is 12.0. The van der Waals surface area contributed by atoms with Crippen molar-refractivity contribution in [3.63, 3.8) is 0 Å². The Morgan fingerprint density at radius 3 is 2.75 bits per heavy atom. The number of likely N-dealkylation sites (N-methyl/N-ethyl adjacent to an activating group) is 1. The maximum absolute atomic E-state index is 4.36. The number of nitrogens with one attached hydrogen (secondary N) is 1. The van der Waals surface area contributed by atoms with Gasteiger partial charge in [-0.2, -0.15) is 0 Å². The van der Waals surface area contributed by atoms with Crippen molar-refractivity contribution < 1.29 is 0 Å². The first kappa shape index (κ1) is 13.4. The Labute approximate surface area is 106 Å². The van der Waals surface area contributed by atoms with E-state index in [9.17, 15) is 0 Å². The second-order valence-electron chi connectivity index (χ2n) is 4.06. The zero-order valence-corrected chi connectivity index (χ0v) is 11.7. The maximum Gasteiger partial charge on any atom is 0.0630 e. The number of rotatable bonds is 5. The summed E-state index contributed by atoms with van der Waals surface area (Å²) >= 11 is 3.39. The van der Waals surface area contributed by atoms with Crippen molar-refractivity contribution in [2.75, 3.05) is 13.1 Å². The van der Waals surface area contributed by atoms with Gasteiger partial charge in [0.1, 0.15) is 0 Å². The van der Waals surface area contributed by atoms with Gasteiger partial charge in [0.2, 0.25) is 0 Å². The molecule has 0 aliphatic carbocycles. The van der Waals surface area contributed by atoms with Crippen molar-refractivity contribution in [3.8, 4) is 0 Å². The molecule has 2 nitrogen and oxygen atoms in total. The van der Waals surface area contributed by atoms with Gasteiger partial charge in [0.05, 0.1) is 5.69 Å². The average molecular weight is 283 g/mol. The molecule has 0 aromatic carbocycles. The molecule has 88 valence electrons. The molecule has 0 spiro atoms. The molecule has 0 unspecified atom stereocenters. The molecule has 0 radical (unpaired) electrons. The highest BCUT2D eigenvalue weighted by molar-refractivity contribution is 9.10. The highest BCUT2D eigenvalue weighted by atomic mass is 79.9. The van der Waals surface area contributed by atoms with E-state index in [0.717, 1.165) is 23.3 Å². The zero-order valence-electron chi connectivity index (χ0n) is 10.1. The fourth-order valence-electron chi connectivity index (χ4n) is 1.35. The Morgan fingerprint density at radius 2 is 2.25 bits per heavy atom. The number of hydrogen-bond acceptors (Lipinski definition) is 2. The van der Waals surface area contributed by atoms with Crippen LogP contribution in [0, 0.1) is 5.92 Å². The molecule has 0 bridgehead atoms. The van der Waals surface area contributed by atoms with Crippen LogP contribution in [-0.4, -0.2) is 18.1 Å². The first-order valence-electron chi connectivity index (χ1n) is 5.66. The van der Waals surface area contributed by atoms with Crippen molar-refractivity contribution in [1.82, 2.24) is 10.3 Å². The average Bonchev–Trinajstić information content (AvgIpc) is 2.26. The third kappa shape index (κ3) is 4.45. The van der Waals surface area contributed by atoms with Crippen LogP contribution >= 0.6 is 15.9 Å². The SMILES string of the molecule is CCNC/C(=C/c1ccc(Br)cn1)C(C)C. The van der Waals surface area contributed by atoms with Gasteiger partial charge in [-0.15, -0.1) is 0 Å². The Hall–Kier alpha value is -0.670. The van der Waals surface area contributed by atoms with Crippen molar-refractivity contribution in [2.24, 2.45) is 5.92 Å². The van der Waals surface area contributed by atoms with Gasteiger partial charge in [-0.05, 0) is 46.6 Å². The second-order valence-corrected chi connectivity index (χ2v) is 4.97. The van der Waals surface area contributed by atoms with Crippen LogP contribution in [0.5, 0.6) is 0 Å². The van der Waals surface area contributed by atoms with Crippen LogP contribution in [0.15, 0.2) is 28.4 Å². The molecule has 1 heterocycles. The second kappa shape index (κ2) is 6.81. The molecule has 1 N–H and O–H groups in total. The summed E-state index contributed by atoms with van der Waals surface area (Å²) < 4.78 is 1.02. The maximum atomic E-state index is 4.36. The van der Waals surface area contributed by atoms with E-state index in [1.54, 1.807) is 0 Å². The van der Waals surface area contributed by atoms with E-state index in [4.69, 9.17) is 0 Å². The van der Waals surface area contributed by atoms with Crippen molar-refractivity contribution in [1.29, 1.82) is 0 Å². The molecule has 0 aliphatic heterocycles. The van der Waals surface area contributed by atoms with Gasteiger partial charge >= 0.3 is 0 Å². The Kier molecular flexibility index (Phi) is 5.71. The minimum atomic E-state index is 0.546. The van der Waals surface area contributed by atoms with Crippen LogP contribution in [-0.2, 0) is 0 Å². The molecular formula is C13H19BrN2. The number of hydrogen-bond donors (Lipinski definition) is 1. The lowest BCUT2D eigenvalue weighted by Crippen LogP contribution is -2.18. The summed E-state index contributed by atoms with van der Waals surface area (Å²) in [6.45, 7) is 8.48. The van der Waals surface area contributed by atoms with E-state index in [1.165, 1.54) is 5.57 Å². The summed E-state index contributed by atoms with van der Waals surface area (Å²) in [5, 5.41) is 3.36. The van der Waals surface area contributed by atoms with Crippen LogP contribution in [0.25, 0.3) is 6.08 Å². The first-order chi connectivity index (χ1) is 7.63. The highest BCUT2D eigenvalue weighted by Crippen LogP contribution is 2.14. The van der Waals surface area contributed by atoms with E-state index in [-0.39, 0.29) is 0 Å². The quantitative estimate of drug-likeness (QED) is 0.894. The lowest BCUT2D eigenvalue weighted by molar-refractivity contribution is 0.682. The smallest absolute Gasteiger partial charge is 0.0630 e. The van der Waals surface area contributed by atoms with Crippen molar-refractivity contribution in [2.45, 2.75) is 20.8 Å². The van der Waals surface area contributed by atoms with Crippen LogP contribution < -0.4 is 5.32 Å². The highest BCUT2D eigenvalue weighted by Gasteiger charge is 2.03. The summed E-state index contributed by atoms with van der Waals surface area (Å²) in [6, 6.07) is 4.04. The minimum Gasteiger partial charge on any atom is -0.313 e. The molecular weight excluding hydrogens is 264 g/mol. The van der Waals surface area contributed by atoms with Gasteiger partial charge in [-0.1, -0.05) is 26.3 Å². The predicted octanol–water partition coefficient (Wildman–Crippen LogP) is 3.49. The lowest BCUT2D eigenvalue weighted by Gasteiger charge is -2.11. The standard InChI is InChI=1S/C13H19BrN2/c1-4-15-8-11(10(2)3)7-13-6-5-12(14)9-16-13/h5-7,9-10,15H,4,8H2,1-3H3/b11-7-. The van der Waals surface area contributed by atoms with E-state index in [1.807, 2.05) is 18.3 Å². The largest absolute Gasteiger partial charge is 0.313 e. The van der Waals surface area contributed by atoms with Gasteiger partial charge in [0, 0.05) is 17.2 Å². The van der Waals surface area contributed by atoms with E-state index >= 15 is 0 Å².